The second-order valence-electron chi connectivity index (χ2n) is 8.42. The number of fused-ring (bicyclic) bond motifs is 1. The Kier molecular flexibility index (Phi) is 6.07. The molecule has 2 heterocycles. The van der Waals surface area contributed by atoms with E-state index in [4.69, 9.17) is 11.6 Å². The lowest BCUT2D eigenvalue weighted by Crippen LogP contribution is -2.46. The van der Waals surface area contributed by atoms with E-state index in [1.165, 1.54) is 0 Å². The third-order valence-electron chi connectivity index (χ3n) is 4.79. The number of aromatic nitrogens is 2. The first-order valence-corrected chi connectivity index (χ1v) is 9.88. The number of carbonyl (C=O) groups is 2. The summed E-state index contributed by atoms with van der Waals surface area (Å²) in [5.74, 6) is -0.539. The highest BCUT2D eigenvalue weighted by Gasteiger charge is 2.41. The molecule has 0 saturated carbocycles. The number of nitrogens with one attached hydrogen (secondary N) is 1. The minimum absolute atomic E-state index is 0.0587. The zero-order valence-electron chi connectivity index (χ0n) is 16.7. The van der Waals surface area contributed by atoms with Crippen molar-refractivity contribution >= 4 is 29.3 Å². The lowest BCUT2D eigenvalue weighted by atomic mass is 9.92. The zero-order chi connectivity index (χ0) is 21.2. The van der Waals surface area contributed by atoms with Gasteiger partial charge in [0, 0.05) is 31.1 Å². The third-order valence-corrected chi connectivity index (χ3v) is 4.98. The van der Waals surface area contributed by atoms with Crippen molar-refractivity contribution in [2.45, 2.75) is 45.7 Å². The molecule has 1 unspecified atom stereocenters. The summed E-state index contributed by atoms with van der Waals surface area (Å²) in [7, 11) is 0. The molecule has 7 nitrogen and oxygen atoms in total. The van der Waals surface area contributed by atoms with Crippen LogP contribution in [0.15, 0.2) is 36.5 Å². The van der Waals surface area contributed by atoms with Gasteiger partial charge in [-0.1, -0.05) is 51.1 Å². The van der Waals surface area contributed by atoms with Gasteiger partial charge in [-0.2, -0.15) is 0 Å². The first-order valence-electron chi connectivity index (χ1n) is 9.50. The second kappa shape index (κ2) is 8.37. The van der Waals surface area contributed by atoms with Gasteiger partial charge in [0.05, 0.1) is 6.04 Å². The normalized spacial score (nSPS) is 17.0. The first-order chi connectivity index (χ1) is 13.7. The van der Waals surface area contributed by atoms with Gasteiger partial charge in [0.15, 0.2) is 0 Å². The number of hydrogen-bond acceptors (Lipinski definition) is 5. The minimum atomic E-state index is -0.957. The van der Waals surface area contributed by atoms with E-state index >= 15 is 0 Å². The molecule has 3 rings (SSSR count). The number of carboxylic acids is 1. The molecule has 2 N–H and O–H groups in total. The van der Waals surface area contributed by atoms with Crippen LogP contribution in [0.3, 0.4) is 0 Å². The number of halogens is 1. The van der Waals surface area contributed by atoms with Gasteiger partial charge >= 0.3 is 5.97 Å². The summed E-state index contributed by atoms with van der Waals surface area (Å²) in [6.07, 6.45) is 2.23. The van der Waals surface area contributed by atoms with Crippen molar-refractivity contribution in [1.29, 1.82) is 0 Å². The van der Waals surface area contributed by atoms with Gasteiger partial charge in [-0.05, 0) is 22.6 Å². The van der Waals surface area contributed by atoms with E-state index < -0.39 is 18.1 Å². The number of rotatable bonds is 6. The van der Waals surface area contributed by atoms with Gasteiger partial charge in [-0.15, -0.1) is 0 Å². The highest BCUT2D eigenvalue weighted by Crippen LogP contribution is 2.37. The summed E-state index contributed by atoms with van der Waals surface area (Å²) in [6.45, 7) is 6.25. The number of nitrogens with zero attached hydrogens (tertiary/aromatic N) is 3. The SMILES string of the molecule is CC(C)(C)CC(=O)NC[C@H](c1ccccc1)N1c2nc(Cl)ncc2CC1C(=O)O. The Morgan fingerprint density at radius 1 is 1.31 bits per heavy atom. The molecule has 154 valence electrons. The van der Waals surface area contributed by atoms with E-state index in [0.717, 1.165) is 11.1 Å². The molecule has 0 saturated heterocycles. The third kappa shape index (κ3) is 5.03. The topological polar surface area (TPSA) is 95.4 Å². The summed E-state index contributed by atoms with van der Waals surface area (Å²) in [5.41, 5.74) is 1.47. The summed E-state index contributed by atoms with van der Waals surface area (Å²) in [6, 6.07) is 8.28. The fraction of sp³-hybridized carbons (Fsp3) is 0.429. The molecular weight excluding hydrogens is 392 g/mol. The lowest BCUT2D eigenvalue weighted by molar-refractivity contribution is -0.138. The Hall–Kier alpha value is -2.67. The Labute approximate surface area is 175 Å². The van der Waals surface area contributed by atoms with Crippen LogP contribution in [-0.2, 0) is 16.0 Å². The van der Waals surface area contributed by atoms with Crippen LogP contribution in [0.4, 0.5) is 5.82 Å². The number of hydrogen-bond donors (Lipinski definition) is 2. The van der Waals surface area contributed by atoms with E-state index in [-0.39, 0.29) is 29.6 Å². The maximum absolute atomic E-state index is 12.4. The molecule has 1 aliphatic heterocycles. The van der Waals surface area contributed by atoms with Crippen LogP contribution < -0.4 is 10.2 Å². The standard InChI is InChI=1S/C21H25ClN4O3/c1-21(2,3)10-17(27)23-12-16(13-7-5-4-6-8-13)26-15(19(28)29)9-14-11-24-20(22)25-18(14)26/h4-8,11,15-16H,9-10,12H2,1-3H3,(H,23,27)(H,28,29)/t15?,16-/m1/s1. The van der Waals surface area contributed by atoms with Gasteiger partial charge in [0.1, 0.15) is 11.9 Å². The van der Waals surface area contributed by atoms with Gasteiger partial charge in [-0.25, -0.2) is 14.8 Å². The molecule has 2 atom stereocenters. The van der Waals surface area contributed by atoms with Crippen molar-refractivity contribution in [3.8, 4) is 0 Å². The molecule has 2 aromatic rings. The van der Waals surface area contributed by atoms with Crippen molar-refractivity contribution in [1.82, 2.24) is 15.3 Å². The number of benzene rings is 1. The summed E-state index contributed by atoms with van der Waals surface area (Å²) >= 11 is 6.00. The van der Waals surface area contributed by atoms with Crippen LogP contribution in [0.2, 0.25) is 5.28 Å². The fourth-order valence-electron chi connectivity index (χ4n) is 3.58. The summed E-state index contributed by atoms with van der Waals surface area (Å²) in [4.78, 5) is 34.5. The van der Waals surface area contributed by atoms with E-state index in [9.17, 15) is 14.7 Å². The molecule has 1 aromatic heterocycles. The van der Waals surface area contributed by atoms with Crippen LogP contribution in [0.5, 0.6) is 0 Å². The van der Waals surface area contributed by atoms with Gasteiger partial charge < -0.3 is 15.3 Å². The van der Waals surface area contributed by atoms with E-state index in [1.807, 2.05) is 51.1 Å². The van der Waals surface area contributed by atoms with Crippen LogP contribution in [0.25, 0.3) is 0 Å². The molecule has 1 aromatic carbocycles. The number of anilines is 1. The monoisotopic (exact) mass is 416 g/mol. The van der Waals surface area contributed by atoms with Crippen LogP contribution in [-0.4, -0.2) is 39.5 Å². The molecule has 0 bridgehead atoms. The molecule has 0 fully saturated rings. The molecule has 1 amide bonds. The molecule has 1 aliphatic rings. The van der Waals surface area contributed by atoms with E-state index in [0.29, 0.717) is 12.2 Å². The van der Waals surface area contributed by atoms with Crippen LogP contribution in [0, 0.1) is 5.41 Å². The van der Waals surface area contributed by atoms with Gasteiger partial charge in [0.25, 0.3) is 0 Å². The van der Waals surface area contributed by atoms with Crippen molar-refractivity contribution in [2.24, 2.45) is 5.41 Å². The Morgan fingerprint density at radius 2 is 2.00 bits per heavy atom. The highest BCUT2D eigenvalue weighted by atomic mass is 35.5. The van der Waals surface area contributed by atoms with Crippen molar-refractivity contribution in [2.75, 3.05) is 11.4 Å². The van der Waals surface area contributed by atoms with Gasteiger partial charge in [-0.3, -0.25) is 4.79 Å². The maximum Gasteiger partial charge on any atom is 0.326 e. The lowest BCUT2D eigenvalue weighted by Gasteiger charge is -2.33. The summed E-state index contributed by atoms with van der Waals surface area (Å²) < 4.78 is 0. The van der Waals surface area contributed by atoms with Gasteiger partial charge in [0.2, 0.25) is 11.2 Å². The van der Waals surface area contributed by atoms with Crippen LogP contribution >= 0.6 is 11.6 Å². The molecule has 0 aliphatic carbocycles. The van der Waals surface area contributed by atoms with E-state index in [1.54, 1.807) is 11.1 Å². The highest BCUT2D eigenvalue weighted by molar-refractivity contribution is 6.28. The fourth-order valence-corrected chi connectivity index (χ4v) is 3.71. The Bertz CT molecular complexity index is 899. The second-order valence-corrected chi connectivity index (χ2v) is 8.76. The van der Waals surface area contributed by atoms with Crippen molar-refractivity contribution in [3.63, 3.8) is 0 Å². The molecule has 8 heteroatoms. The predicted molar refractivity (Wildman–Crippen MR) is 111 cm³/mol. The summed E-state index contributed by atoms with van der Waals surface area (Å²) in [5, 5.41) is 12.9. The maximum atomic E-state index is 12.4. The number of amides is 1. The molecule has 0 spiro atoms. The average Bonchev–Trinajstić information content (AvgIpc) is 3.00. The van der Waals surface area contributed by atoms with Crippen molar-refractivity contribution < 1.29 is 14.7 Å². The molecule has 29 heavy (non-hydrogen) atoms. The number of carbonyl (C=O) groups excluding carboxylic acids is 1. The number of aliphatic carboxylic acids is 1. The Balaban J connectivity index is 1.96. The van der Waals surface area contributed by atoms with Crippen LogP contribution in [0.1, 0.15) is 44.4 Å². The smallest absolute Gasteiger partial charge is 0.326 e. The zero-order valence-corrected chi connectivity index (χ0v) is 17.5. The number of carboxylic acid groups (broad SMARTS) is 1. The van der Waals surface area contributed by atoms with Crippen molar-refractivity contribution in [3.05, 3.63) is 52.9 Å². The quantitative estimate of drug-likeness (QED) is 0.702. The molecule has 0 radical (unpaired) electrons. The predicted octanol–water partition coefficient (Wildman–Crippen LogP) is 3.24. The Morgan fingerprint density at radius 3 is 2.62 bits per heavy atom. The minimum Gasteiger partial charge on any atom is -0.480 e. The van der Waals surface area contributed by atoms with E-state index in [2.05, 4.69) is 15.3 Å². The molecular formula is C21H25ClN4O3. The first kappa shape index (κ1) is 21.0. The largest absolute Gasteiger partial charge is 0.480 e. The average molecular weight is 417 g/mol.